The number of ether oxygens (including phenoxy) is 3. The Bertz CT molecular complexity index is 1680. The van der Waals surface area contributed by atoms with Gasteiger partial charge in [0.2, 0.25) is 0 Å². The van der Waals surface area contributed by atoms with Crippen LogP contribution in [-0.4, -0.2) is 23.8 Å². The van der Waals surface area contributed by atoms with Crippen LogP contribution >= 0.6 is 0 Å². The Balaban J connectivity index is 1.59. The minimum atomic E-state index is -4.45. The molecule has 0 N–H and O–H groups in total. The van der Waals surface area contributed by atoms with Gasteiger partial charge >= 0.3 is 6.18 Å². The van der Waals surface area contributed by atoms with Crippen LogP contribution in [0.4, 0.5) is 13.2 Å². The van der Waals surface area contributed by atoms with E-state index in [2.05, 4.69) is 0 Å². The highest BCUT2D eigenvalue weighted by Crippen LogP contribution is 2.31. The van der Waals surface area contributed by atoms with Crippen molar-refractivity contribution in [3.8, 4) is 34.4 Å². The largest absolute Gasteiger partial charge is 0.497 e. The van der Waals surface area contributed by atoms with E-state index in [1.165, 1.54) is 23.8 Å². The molecule has 39 heavy (non-hydrogen) atoms. The number of hydrogen-bond acceptors (Lipinski definition) is 5. The van der Waals surface area contributed by atoms with Crippen LogP contribution in [0.5, 0.6) is 23.0 Å². The standard InChI is InChI=1S/C30H23F3N2O4/c1-37-22-10-12-23(13-11-22)39-25-5-3-4-20(16-25)28-34-27-15-14-24(38-2)17-26(27)29(36)35(28)18-19-6-8-21(9-7-19)30(31,32)33/h3-17H,18H2,1-2H3. The van der Waals surface area contributed by atoms with Gasteiger partial charge in [-0.05, 0) is 72.3 Å². The summed E-state index contributed by atoms with van der Waals surface area (Å²) in [4.78, 5) is 18.5. The smallest absolute Gasteiger partial charge is 0.416 e. The van der Waals surface area contributed by atoms with Gasteiger partial charge in [0.25, 0.3) is 5.56 Å². The molecule has 5 aromatic rings. The van der Waals surface area contributed by atoms with Gasteiger partial charge in [0.15, 0.2) is 0 Å². The van der Waals surface area contributed by atoms with Gasteiger partial charge in [0, 0.05) is 5.56 Å². The molecule has 6 nitrogen and oxygen atoms in total. The number of aromatic nitrogens is 2. The first-order chi connectivity index (χ1) is 18.7. The predicted octanol–water partition coefficient (Wildman–Crippen LogP) is 6.94. The number of hydrogen-bond donors (Lipinski definition) is 0. The molecule has 0 aliphatic carbocycles. The Kier molecular flexibility index (Phi) is 6.98. The van der Waals surface area contributed by atoms with E-state index in [4.69, 9.17) is 19.2 Å². The van der Waals surface area contributed by atoms with Crippen molar-refractivity contribution < 1.29 is 27.4 Å². The molecular formula is C30H23F3N2O4. The van der Waals surface area contributed by atoms with Crippen LogP contribution in [0, 0.1) is 0 Å². The van der Waals surface area contributed by atoms with Crippen molar-refractivity contribution in [2.75, 3.05) is 14.2 Å². The maximum absolute atomic E-state index is 13.7. The van der Waals surface area contributed by atoms with Crippen molar-refractivity contribution in [3.63, 3.8) is 0 Å². The molecule has 9 heteroatoms. The van der Waals surface area contributed by atoms with Crippen molar-refractivity contribution in [2.24, 2.45) is 0 Å². The van der Waals surface area contributed by atoms with Crippen LogP contribution in [0.1, 0.15) is 11.1 Å². The summed E-state index contributed by atoms with van der Waals surface area (Å²) >= 11 is 0. The number of benzene rings is 4. The number of fused-ring (bicyclic) bond motifs is 1. The van der Waals surface area contributed by atoms with E-state index in [-0.39, 0.29) is 12.1 Å². The lowest BCUT2D eigenvalue weighted by atomic mass is 10.1. The third kappa shape index (κ3) is 5.57. The van der Waals surface area contributed by atoms with Crippen molar-refractivity contribution >= 4 is 10.9 Å². The summed E-state index contributed by atoms with van der Waals surface area (Å²) in [5.41, 5.74) is 0.462. The minimum absolute atomic E-state index is 0.00994. The summed E-state index contributed by atoms with van der Waals surface area (Å²) in [6, 6.07) is 23.9. The second-order valence-electron chi connectivity index (χ2n) is 8.71. The summed E-state index contributed by atoms with van der Waals surface area (Å²) in [6.45, 7) is 0.00994. The van der Waals surface area contributed by atoms with Gasteiger partial charge in [-0.15, -0.1) is 0 Å². The average molecular weight is 533 g/mol. The van der Waals surface area contributed by atoms with E-state index in [0.717, 1.165) is 12.1 Å². The summed E-state index contributed by atoms with van der Waals surface area (Å²) in [7, 11) is 3.08. The van der Waals surface area contributed by atoms with E-state index < -0.39 is 11.7 Å². The fourth-order valence-electron chi connectivity index (χ4n) is 4.15. The SMILES string of the molecule is COc1ccc(Oc2cccc(-c3nc4ccc(OC)cc4c(=O)n3Cc3ccc(C(F)(F)F)cc3)c2)cc1. The highest BCUT2D eigenvalue weighted by molar-refractivity contribution is 5.81. The Morgan fingerprint density at radius 2 is 1.44 bits per heavy atom. The molecule has 0 amide bonds. The predicted molar refractivity (Wildman–Crippen MR) is 142 cm³/mol. The zero-order valence-electron chi connectivity index (χ0n) is 21.0. The van der Waals surface area contributed by atoms with Crippen molar-refractivity contribution in [1.29, 1.82) is 0 Å². The topological polar surface area (TPSA) is 62.6 Å². The molecule has 0 saturated carbocycles. The number of nitrogens with zero attached hydrogens (tertiary/aromatic N) is 2. The molecule has 0 aliphatic rings. The van der Waals surface area contributed by atoms with E-state index in [9.17, 15) is 18.0 Å². The maximum atomic E-state index is 13.7. The second-order valence-corrected chi connectivity index (χ2v) is 8.71. The van der Waals surface area contributed by atoms with Crippen molar-refractivity contribution in [3.05, 3.63) is 112 Å². The lowest BCUT2D eigenvalue weighted by Gasteiger charge is -2.16. The number of alkyl halides is 3. The number of rotatable bonds is 7. The van der Waals surface area contributed by atoms with Crippen LogP contribution in [0.2, 0.25) is 0 Å². The van der Waals surface area contributed by atoms with Gasteiger partial charge in [-0.3, -0.25) is 9.36 Å². The highest BCUT2D eigenvalue weighted by Gasteiger charge is 2.30. The molecule has 1 aromatic heterocycles. The molecule has 0 atom stereocenters. The van der Waals surface area contributed by atoms with Gasteiger partial charge in [0.1, 0.15) is 28.8 Å². The highest BCUT2D eigenvalue weighted by atomic mass is 19.4. The minimum Gasteiger partial charge on any atom is -0.497 e. The third-order valence-corrected chi connectivity index (χ3v) is 6.17. The molecule has 0 unspecified atom stereocenters. The molecule has 4 aromatic carbocycles. The van der Waals surface area contributed by atoms with Crippen molar-refractivity contribution in [1.82, 2.24) is 9.55 Å². The zero-order valence-corrected chi connectivity index (χ0v) is 21.0. The van der Waals surface area contributed by atoms with E-state index in [1.54, 1.807) is 73.8 Å². The zero-order chi connectivity index (χ0) is 27.6. The molecule has 0 saturated heterocycles. The first kappa shape index (κ1) is 25.8. The molecule has 0 fully saturated rings. The maximum Gasteiger partial charge on any atom is 0.416 e. The second kappa shape index (κ2) is 10.5. The number of methoxy groups -OCH3 is 2. The van der Waals surface area contributed by atoms with Gasteiger partial charge < -0.3 is 14.2 Å². The van der Waals surface area contributed by atoms with Gasteiger partial charge in [0.05, 0.1) is 37.2 Å². The monoisotopic (exact) mass is 532 g/mol. The van der Waals surface area contributed by atoms with Crippen LogP contribution < -0.4 is 19.8 Å². The Hall–Kier alpha value is -4.79. The van der Waals surface area contributed by atoms with Crippen LogP contribution in [0.3, 0.4) is 0 Å². The van der Waals surface area contributed by atoms with E-state index >= 15 is 0 Å². The van der Waals surface area contributed by atoms with E-state index in [0.29, 0.717) is 50.9 Å². The van der Waals surface area contributed by atoms with E-state index in [1.807, 2.05) is 0 Å². The van der Waals surface area contributed by atoms with Gasteiger partial charge in [-0.2, -0.15) is 13.2 Å². The molecule has 0 bridgehead atoms. The molecule has 0 spiro atoms. The molecule has 198 valence electrons. The Morgan fingerprint density at radius 1 is 0.769 bits per heavy atom. The summed E-state index contributed by atoms with van der Waals surface area (Å²) in [5.74, 6) is 2.64. The van der Waals surface area contributed by atoms with Crippen LogP contribution in [-0.2, 0) is 12.7 Å². The lowest BCUT2D eigenvalue weighted by molar-refractivity contribution is -0.137. The third-order valence-electron chi connectivity index (χ3n) is 6.17. The molecule has 1 heterocycles. The normalized spacial score (nSPS) is 11.4. The first-order valence-corrected chi connectivity index (χ1v) is 11.9. The molecular weight excluding hydrogens is 509 g/mol. The first-order valence-electron chi connectivity index (χ1n) is 11.9. The van der Waals surface area contributed by atoms with Gasteiger partial charge in [-0.25, -0.2) is 4.98 Å². The molecule has 0 radical (unpaired) electrons. The summed E-state index contributed by atoms with van der Waals surface area (Å²) < 4.78 is 57.1. The Morgan fingerprint density at radius 3 is 2.10 bits per heavy atom. The molecule has 0 aliphatic heterocycles. The molecule has 5 rings (SSSR count). The summed E-state index contributed by atoms with van der Waals surface area (Å²) in [5, 5.41) is 0.329. The fourth-order valence-corrected chi connectivity index (χ4v) is 4.15. The Labute approximate surface area is 221 Å². The number of halogens is 3. The van der Waals surface area contributed by atoms with Crippen molar-refractivity contribution in [2.45, 2.75) is 12.7 Å². The van der Waals surface area contributed by atoms with Gasteiger partial charge in [-0.1, -0.05) is 24.3 Å². The van der Waals surface area contributed by atoms with Crippen LogP contribution in [0.25, 0.3) is 22.3 Å². The van der Waals surface area contributed by atoms with Crippen LogP contribution in [0.15, 0.2) is 95.8 Å². The fraction of sp³-hybridized carbons (Fsp3) is 0.133. The average Bonchev–Trinajstić information content (AvgIpc) is 2.94. The lowest BCUT2D eigenvalue weighted by Crippen LogP contribution is -2.24. The quantitative estimate of drug-likeness (QED) is 0.227. The summed E-state index contributed by atoms with van der Waals surface area (Å²) in [6.07, 6.45) is -4.45.